The van der Waals surface area contributed by atoms with Crippen LogP contribution in [0.25, 0.3) is 11.3 Å². The maximum Gasteiger partial charge on any atom is 0.220 e. The fraction of sp³-hybridized carbons (Fsp3) is 0.227. The second kappa shape index (κ2) is 8.39. The van der Waals surface area contributed by atoms with Crippen LogP contribution in [0.15, 0.2) is 71.1 Å². The van der Waals surface area contributed by atoms with Gasteiger partial charge < -0.3 is 14.5 Å². The van der Waals surface area contributed by atoms with Crippen LogP contribution < -0.4 is 10.1 Å². The maximum atomic E-state index is 12.2. The van der Waals surface area contributed by atoms with E-state index in [1.165, 1.54) is 0 Å². The highest BCUT2D eigenvalue weighted by atomic mass is 16.5. The quantitative estimate of drug-likeness (QED) is 0.669. The van der Waals surface area contributed by atoms with E-state index in [1.807, 2.05) is 73.7 Å². The molecular weight excluding hydrogens is 326 g/mol. The van der Waals surface area contributed by atoms with E-state index in [9.17, 15) is 4.79 Å². The van der Waals surface area contributed by atoms with Crippen molar-refractivity contribution in [2.75, 3.05) is 7.11 Å². The lowest BCUT2D eigenvalue weighted by atomic mass is 10.1. The molecule has 0 spiro atoms. The molecule has 2 aromatic carbocycles. The van der Waals surface area contributed by atoms with Crippen LogP contribution in [0.4, 0.5) is 0 Å². The zero-order chi connectivity index (χ0) is 18.4. The summed E-state index contributed by atoms with van der Waals surface area (Å²) >= 11 is 0. The van der Waals surface area contributed by atoms with Crippen LogP contribution in [0.3, 0.4) is 0 Å². The summed E-state index contributed by atoms with van der Waals surface area (Å²) in [6.45, 7) is 1.99. The zero-order valence-corrected chi connectivity index (χ0v) is 15.1. The number of methoxy groups -OCH3 is 1. The topological polar surface area (TPSA) is 51.5 Å². The SMILES string of the molecule is COc1ccc(-c2ccc(CCC(=O)N[C@@H](C)c3ccccc3)o2)cc1. The molecular formula is C22H23NO3. The van der Waals surface area contributed by atoms with Gasteiger partial charge in [0.2, 0.25) is 5.91 Å². The van der Waals surface area contributed by atoms with Gasteiger partial charge in [-0.05, 0) is 48.9 Å². The third kappa shape index (κ3) is 4.54. The summed E-state index contributed by atoms with van der Waals surface area (Å²) in [7, 11) is 1.64. The van der Waals surface area contributed by atoms with E-state index in [0.717, 1.165) is 28.4 Å². The third-order valence-corrected chi connectivity index (χ3v) is 4.31. The first-order valence-electron chi connectivity index (χ1n) is 8.73. The Morgan fingerprint density at radius 1 is 1.04 bits per heavy atom. The van der Waals surface area contributed by atoms with Gasteiger partial charge in [-0.25, -0.2) is 0 Å². The molecule has 26 heavy (non-hydrogen) atoms. The predicted molar refractivity (Wildman–Crippen MR) is 102 cm³/mol. The first-order chi connectivity index (χ1) is 12.7. The number of nitrogens with one attached hydrogen (secondary N) is 1. The molecule has 0 aliphatic heterocycles. The summed E-state index contributed by atoms with van der Waals surface area (Å²) in [6.07, 6.45) is 0.968. The van der Waals surface area contributed by atoms with Crippen molar-refractivity contribution in [2.45, 2.75) is 25.8 Å². The van der Waals surface area contributed by atoms with Gasteiger partial charge in [-0.3, -0.25) is 4.79 Å². The van der Waals surface area contributed by atoms with Crippen molar-refractivity contribution >= 4 is 5.91 Å². The number of benzene rings is 2. The highest BCUT2D eigenvalue weighted by Gasteiger charge is 2.11. The molecule has 0 radical (unpaired) electrons. The monoisotopic (exact) mass is 349 g/mol. The molecule has 1 N–H and O–H groups in total. The van der Waals surface area contributed by atoms with Crippen LogP contribution in [0.1, 0.15) is 30.7 Å². The van der Waals surface area contributed by atoms with Crippen molar-refractivity contribution in [1.82, 2.24) is 5.32 Å². The Labute approximate surface area is 153 Å². The molecule has 0 saturated heterocycles. The number of aryl methyl sites for hydroxylation is 1. The Balaban J connectivity index is 1.53. The second-order valence-electron chi connectivity index (χ2n) is 6.19. The summed E-state index contributed by atoms with van der Waals surface area (Å²) in [6, 6.07) is 21.5. The second-order valence-corrected chi connectivity index (χ2v) is 6.19. The van der Waals surface area contributed by atoms with E-state index in [4.69, 9.17) is 9.15 Å². The largest absolute Gasteiger partial charge is 0.497 e. The van der Waals surface area contributed by atoms with Crippen molar-refractivity contribution in [3.05, 3.63) is 78.1 Å². The predicted octanol–water partition coefficient (Wildman–Crippen LogP) is 4.77. The molecule has 1 heterocycles. The molecule has 3 aromatic rings. The smallest absolute Gasteiger partial charge is 0.220 e. The number of furan rings is 1. The molecule has 4 nitrogen and oxygen atoms in total. The average Bonchev–Trinajstić information content (AvgIpc) is 3.16. The van der Waals surface area contributed by atoms with E-state index in [2.05, 4.69) is 5.32 Å². The highest BCUT2D eigenvalue weighted by molar-refractivity contribution is 5.76. The first kappa shape index (κ1) is 17.8. The van der Waals surface area contributed by atoms with E-state index >= 15 is 0 Å². The molecule has 3 rings (SSSR count). The summed E-state index contributed by atoms with van der Waals surface area (Å²) < 4.78 is 11.0. The normalized spacial score (nSPS) is 11.8. The number of ether oxygens (including phenoxy) is 1. The van der Waals surface area contributed by atoms with Crippen molar-refractivity contribution in [3.8, 4) is 17.1 Å². The third-order valence-electron chi connectivity index (χ3n) is 4.31. The van der Waals surface area contributed by atoms with Gasteiger partial charge in [0.15, 0.2) is 0 Å². The van der Waals surface area contributed by atoms with E-state index in [1.54, 1.807) is 7.11 Å². The number of rotatable bonds is 7. The molecule has 1 aromatic heterocycles. The van der Waals surface area contributed by atoms with E-state index in [-0.39, 0.29) is 11.9 Å². The Morgan fingerprint density at radius 2 is 1.77 bits per heavy atom. The fourth-order valence-corrected chi connectivity index (χ4v) is 2.80. The van der Waals surface area contributed by atoms with Crippen LogP contribution >= 0.6 is 0 Å². The van der Waals surface area contributed by atoms with Crippen molar-refractivity contribution in [3.63, 3.8) is 0 Å². The van der Waals surface area contributed by atoms with E-state index in [0.29, 0.717) is 12.8 Å². The van der Waals surface area contributed by atoms with Crippen molar-refractivity contribution < 1.29 is 13.9 Å². The molecule has 1 amide bonds. The summed E-state index contributed by atoms with van der Waals surface area (Å²) in [5.41, 5.74) is 2.08. The minimum absolute atomic E-state index is 0.00448. The van der Waals surface area contributed by atoms with Crippen molar-refractivity contribution in [1.29, 1.82) is 0 Å². The van der Waals surface area contributed by atoms with Crippen molar-refractivity contribution in [2.24, 2.45) is 0 Å². The van der Waals surface area contributed by atoms with Gasteiger partial charge in [0.25, 0.3) is 0 Å². The highest BCUT2D eigenvalue weighted by Crippen LogP contribution is 2.25. The van der Waals surface area contributed by atoms with Gasteiger partial charge in [-0.2, -0.15) is 0 Å². The molecule has 1 atom stereocenters. The molecule has 0 bridgehead atoms. The fourth-order valence-electron chi connectivity index (χ4n) is 2.80. The number of carbonyl (C=O) groups excluding carboxylic acids is 1. The van der Waals surface area contributed by atoms with Gasteiger partial charge in [-0.1, -0.05) is 30.3 Å². The van der Waals surface area contributed by atoms with Crippen LogP contribution in [0.5, 0.6) is 5.75 Å². The number of hydrogen-bond donors (Lipinski definition) is 1. The number of hydrogen-bond acceptors (Lipinski definition) is 3. The van der Waals surface area contributed by atoms with Crippen LogP contribution in [-0.2, 0) is 11.2 Å². The molecule has 0 fully saturated rings. The van der Waals surface area contributed by atoms with Crippen LogP contribution in [-0.4, -0.2) is 13.0 Å². The Morgan fingerprint density at radius 3 is 2.46 bits per heavy atom. The van der Waals surface area contributed by atoms with Gasteiger partial charge in [0.05, 0.1) is 13.2 Å². The molecule has 0 aliphatic carbocycles. The van der Waals surface area contributed by atoms with Gasteiger partial charge >= 0.3 is 0 Å². The molecule has 134 valence electrons. The van der Waals surface area contributed by atoms with Gasteiger partial charge in [0.1, 0.15) is 17.3 Å². The standard InChI is InChI=1S/C22H23NO3/c1-16(17-6-4-3-5-7-17)23-22(24)15-13-20-12-14-21(26-20)18-8-10-19(25-2)11-9-18/h3-12,14,16H,13,15H2,1-2H3,(H,23,24)/t16-/m0/s1. The summed E-state index contributed by atoms with van der Waals surface area (Å²) in [4.78, 5) is 12.2. The molecule has 4 heteroatoms. The number of amides is 1. The Hall–Kier alpha value is -3.01. The van der Waals surface area contributed by atoms with Crippen LogP contribution in [0.2, 0.25) is 0 Å². The first-order valence-corrected chi connectivity index (χ1v) is 8.73. The molecule has 0 unspecified atom stereocenters. The lowest BCUT2D eigenvalue weighted by Gasteiger charge is -2.13. The Bertz CT molecular complexity index is 837. The molecule has 0 saturated carbocycles. The minimum atomic E-state index is -0.00448. The van der Waals surface area contributed by atoms with Crippen LogP contribution in [0, 0.1) is 0 Å². The van der Waals surface area contributed by atoms with Gasteiger partial charge in [0, 0.05) is 18.4 Å². The maximum absolute atomic E-state index is 12.2. The van der Waals surface area contributed by atoms with E-state index < -0.39 is 0 Å². The summed E-state index contributed by atoms with van der Waals surface area (Å²) in [5.74, 6) is 2.42. The zero-order valence-electron chi connectivity index (χ0n) is 15.1. The summed E-state index contributed by atoms with van der Waals surface area (Å²) in [5, 5.41) is 3.02. The lowest BCUT2D eigenvalue weighted by molar-refractivity contribution is -0.121. The van der Waals surface area contributed by atoms with Gasteiger partial charge in [-0.15, -0.1) is 0 Å². The number of carbonyl (C=O) groups is 1. The lowest BCUT2D eigenvalue weighted by Crippen LogP contribution is -2.26. The Kier molecular flexibility index (Phi) is 5.74. The molecule has 0 aliphatic rings. The average molecular weight is 349 g/mol. The minimum Gasteiger partial charge on any atom is -0.497 e.